The second-order valence-electron chi connectivity index (χ2n) is 7.15. The number of benzene rings is 2. The zero-order valence-electron chi connectivity index (χ0n) is 17.3. The van der Waals surface area contributed by atoms with E-state index in [0.29, 0.717) is 18.0 Å². The summed E-state index contributed by atoms with van der Waals surface area (Å²) < 4.78 is 34.6. The van der Waals surface area contributed by atoms with E-state index in [1.165, 1.54) is 17.4 Å². The van der Waals surface area contributed by atoms with Gasteiger partial charge in [-0.1, -0.05) is 13.8 Å². The number of ether oxygens (including phenoxy) is 1. The minimum Gasteiger partial charge on any atom is -0.494 e. The first-order valence-corrected chi connectivity index (χ1v) is 11.9. The smallest absolute Gasteiger partial charge is 0.242 e. The van der Waals surface area contributed by atoms with Gasteiger partial charge in [-0.25, -0.2) is 13.4 Å². The number of rotatable bonds is 8. The van der Waals surface area contributed by atoms with Crippen molar-refractivity contribution in [3.8, 4) is 5.75 Å². The first-order valence-electron chi connectivity index (χ1n) is 9.63. The van der Waals surface area contributed by atoms with Gasteiger partial charge in [-0.3, -0.25) is 4.79 Å². The minimum atomic E-state index is -3.89. The van der Waals surface area contributed by atoms with Crippen LogP contribution in [-0.4, -0.2) is 32.0 Å². The van der Waals surface area contributed by atoms with Gasteiger partial charge in [-0.2, -0.15) is 4.72 Å². The van der Waals surface area contributed by atoms with Crippen molar-refractivity contribution < 1.29 is 17.9 Å². The number of carbonyl (C=O) groups is 1. The topological polar surface area (TPSA) is 97.4 Å². The van der Waals surface area contributed by atoms with Crippen molar-refractivity contribution in [2.75, 3.05) is 11.9 Å². The predicted octanol–water partition coefficient (Wildman–Crippen LogP) is 3.95. The Kier molecular flexibility index (Phi) is 6.74. The van der Waals surface area contributed by atoms with Crippen molar-refractivity contribution in [1.29, 1.82) is 0 Å². The second-order valence-corrected chi connectivity index (χ2v) is 10.1. The zero-order valence-corrected chi connectivity index (χ0v) is 18.9. The quantitative estimate of drug-likeness (QED) is 0.545. The minimum absolute atomic E-state index is 0.109. The summed E-state index contributed by atoms with van der Waals surface area (Å²) in [5.41, 5.74) is 1.32. The molecule has 1 amide bonds. The second kappa shape index (κ2) is 9.11. The van der Waals surface area contributed by atoms with Crippen LogP contribution in [0.4, 0.5) is 5.69 Å². The summed E-state index contributed by atoms with van der Waals surface area (Å²) in [5.74, 6) is 0.0228. The van der Waals surface area contributed by atoms with Crippen LogP contribution in [-0.2, 0) is 14.8 Å². The molecule has 1 aromatic heterocycles. The Balaban J connectivity index is 1.78. The maximum atomic E-state index is 12.9. The van der Waals surface area contributed by atoms with Crippen LogP contribution in [0.25, 0.3) is 10.2 Å². The average Bonchev–Trinajstić information content (AvgIpc) is 3.07. The SMILES string of the molecule is CCOc1ccc(NC(=O)C(NS(=O)(=O)c2ccc3nc(C)sc3c2)C(C)C)cc1. The lowest BCUT2D eigenvalue weighted by atomic mass is 10.0. The Hall–Kier alpha value is -2.49. The van der Waals surface area contributed by atoms with Gasteiger partial charge in [0.25, 0.3) is 0 Å². The molecule has 2 aromatic carbocycles. The molecule has 0 saturated heterocycles. The molecule has 0 aliphatic rings. The van der Waals surface area contributed by atoms with E-state index in [0.717, 1.165) is 15.2 Å². The molecule has 0 spiro atoms. The Bertz CT molecular complexity index is 1140. The number of hydrogen-bond acceptors (Lipinski definition) is 6. The van der Waals surface area contributed by atoms with Gasteiger partial charge in [0, 0.05) is 5.69 Å². The van der Waals surface area contributed by atoms with E-state index in [1.807, 2.05) is 13.8 Å². The van der Waals surface area contributed by atoms with Crippen molar-refractivity contribution in [3.05, 3.63) is 47.5 Å². The molecule has 0 aliphatic carbocycles. The monoisotopic (exact) mass is 447 g/mol. The van der Waals surface area contributed by atoms with Crippen molar-refractivity contribution in [1.82, 2.24) is 9.71 Å². The van der Waals surface area contributed by atoms with Crippen molar-refractivity contribution in [2.24, 2.45) is 5.92 Å². The number of nitrogens with one attached hydrogen (secondary N) is 2. The van der Waals surface area contributed by atoms with E-state index in [4.69, 9.17) is 4.74 Å². The largest absolute Gasteiger partial charge is 0.494 e. The number of amides is 1. The molecule has 7 nitrogen and oxygen atoms in total. The summed E-state index contributed by atoms with van der Waals surface area (Å²) in [6, 6.07) is 10.8. The van der Waals surface area contributed by atoms with Gasteiger partial charge in [-0.15, -0.1) is 11.3 Å². The number of anilines is 1. The summed E-state index contributed by atoms with van der Waals surface area (Å²) in [5, 5.41) is 3.63. The standard InChI is InChI=1S/C21H25N3O4S2/c1-5-28-16-8-6-15(7-9-16)23-21(25)20(13(2)3)24-30(26,27)17-10-11-18-19(12-17)29-14(4)22-18/h6-13,20,24H,5H2,1-4H3,(H,23,25). The van der Waals surface area contributed by atoms with Crippen molar-refractivity contribution in [2.45, 2.75) is 38.6 Å². The van der Waals surface area contributed by atoms with E-state index in [-0.39, 0.29) is 10.8 Å². The third-order valence-corrected chi connectivity index (χ3v) is 6.81. The summed E-state index contributed by atoms with van der Waals surface area (Å²) >= 11 is 1.43. The lowest BCUT2D eigenvalue weighted by Gasteiger charge is -2.21. The van der Waals surface area contributed by atoms with Crippen LogP contribution >= 0.6 is 11.3 Å². The predicted molar refractivity (Wildman–Crippen MR) is 120 cm³/mol. The summed E-state index contributed by atoms with van der Waals surface area (Å²) in [4.78, 5) is 17.3. The van der Waals surface area contributed by atoms with Gasteiger partial charge >= 0.3 is 0 Å². The molecule has 160 valence electrons. The lowest BCUT2D eigenvalue weighted by molar-refractivity contribution is -0.118. The van der Waals surface area contributed by atoms with Crippen molar-refractivity contribution >= 4 is 43.2 Å². The Labute approximate surface area is 180 Å². The van der Waals surface area contributed by atoms with Crippen LogP contribution in [0.5, 0.6) is 5.75 Å². The van der Waals surface area contributed by atoms with Crippen LogP contribution in [0.1, 0.15) is 25.8 Å². The number of carbonyl (C=O) groups excluding carboxylic acids is 1. The first kappa shape index (κ1) is 22.2. The molecule has 0 aliphatic heterocycles. The fraction of sp³-hybridized carbons (Fsp3) is 0.333. The van der Waals surface area contributed by atoms with Crippen LogP contribution in [0.15, 0.2) is 47.4 Å². The number of thiazole rings is 1. The third-order valence-electron chi connectivity index (χ3n) is 4.44. The van der Waals surface area contributed by atoms with E-state index >= 15 is 0 Å². The molecule has 2 N–H and O–H groups in total. The average molecular weight is 448 g/mol. The Morgan fingerprint density at radius 2 is 1.87 bits per heavy atom. The van der Waals surface area contributed by atoms with Crippen LogP contribution < -0.4 is 14.8 Å². The number of aryl methyl sites for hydroxylation is 1. The number of aromatic nitrogens is 1. The molecule has 1 atom stereocenters. The fourth-order valence-electron chi connectivity index (χ4n) is 2.94. The molecular formula is C21H25N3O4S2. The molecular weight excluding hydrogens is 422 g/mol. The zero-order chi connectivity index (χ0) is 21.9. The molecule has 3 aromatic rings. The van der Waals surface area contributed by atoms with Gasteiger partial charge in [0.2, 0.25) is 15.9 Å². The number of nitrogens with zero attached hydrogens (tertiary/aromatic N) is 1. The highest BCUT2D eigenvalue weighted by Crippen LogP contribution is 2.25. The van der Waals surface area contributed by atoms with Crippen LogP contribution in [0.2, 0.25) is 0 Å². The molecule has 3 rings (SSSR count). The molecule has 0 bridgehead atoms. The molecule has 0 saturated carbocycles. The first-order chi connectivity index (χ1) is 14.2. The highest BCUT2D eigenvalue weighted by molar-refractivity contribution is 7.89. The van der Waals surface area contributed by atoms with E-state index in [2.05, 4.69) is 15.0 Å². The number of hydrogen-bond donors (Lipinski definition) is 2. The number of fused-ring (bicyclic) bond motifs is 1. The Morgan fingerprint density at radius 1 is 1.17 bits per heavy atom. The fourth-order valence-corrected chi connectivity index (χ4v) is 5.25. The van der Waals surface area contributed by atoms with E-state index in [1.54, 1.807) is 50.2 Å². The molecule has 1 unspecified atom stereocenters. The van der Waals surface area contributed by atoms with Crippen LogP contribution in [0, 0.1) is 12.8 Å². The van der Waals surface area contributed by atoms with Gasteiger partial charge in [0.05, 0.1) is 26.7 Å². The maximum Gasteiger partial charge on any atom is 0.242 e. The summed E-state index contributed by atoms with van der Waals surface area (Å²) in [7, 11) is -3.89. The molecule has 1 heterocycles. The number of sulfonamides is 1. The van der Waals surface area contributed by atoms with Gasteiger partial charge < -0.3 is 10.1 Å². The lowest BCUT2D eigenvalue weighted by Crippen LogP contribution is -2.47. The normalized spacial score (nSPS) is 12.8. The van der Waals surface area contributed by atoms with Crippen LogP contribution in [0.3, 0.4) is 0 Å². The van der Waals surface area contributed by atoms with Gasteiger partial charge in [0.15, 0.2) is 0 Å². The summed E-state index contributed by atoms with van der Waals surface area (Å²) in [6.07, 6.45) is 0. The molecule has 30 heavy (non-hydrogen) atoms. The Morgan fingerprint density at radius 3 is 2.50 bits per heavy atom. The van der Waals surface area contributed by atoms with E-state index in [9.17, 15) is 13.2 Å². The molecule has 0 fully saturated rings. The summed E-state index contributed by atoms with van der Waals surface area (Å²) in [6.45, 7) is 7.90. The van der Waals surface area contributed by atoms with E-state index < -0.39 is 22.0 Å². The third kappa shape index (κ3) is 5.16. The maximum absolute atomic E-state index is 12.9. The highest BCUT2D eigenvalue weighted by atomic mass is 32.2. The van der Waals surface area contributed by atoms with Gasteiger partial charge in [-0.05, 0) is 62.2 Å². The molecule has 0 radical (unpaired) electrons. The molecule has 9 heteroatoms. The highest BCUT2D eigenvalue weighted by Gasteiger charge is 2.28. The van der Waals surface area contributed by atoms with Crippen molar-refractivity contribution in [3.63, 3.8) is 0 Å². The van der Waals surface area contributed by atoms with Gasteiger partial charge in [0.1, 0.15) is 11.8 Å².